The summed E-state index contributed by atoms with van der Waals surface area (Å²) in [4.78, 5) is 16.7. The quantitative estimate of drug-likeness (QED) is 0.664. The fraction of sp³-hybridized carbons (Fsp3) is 0.300. The number of fused-ring (bicyclic) bond motifs is 1. The maximum Gasteiger partial charge on any atom is 0.573 e. The van der Waals surface area contributed by atoms with Crippen LogP contribution < -0.4 is 10.1 Å². The number of hydrogen-bond acceptors (Lipinski definition) is 5. The average Bonchev–Trinajstić information content (AvgIpc) is 3.09. The zero-order chi connectivity index (χ0) is 21.9. The molecular weight excluding hydrogens is 399 g/mol. The van der Waals surface area contributed by atoms with Crippen LogP contribution in [0.3, 0.4) is 0 Å². The van der Waals surface area contributed by atoms with Crippen molar-refractivity contribution in [2.75, 3.05) is 0 Å². The molecule has 7 nitrogen and oxygen atoms in total. The second-order valence-electron chi connectivity index (χ2n) is 6.60. The molecular formula is C20H18F3N5O2. The maximum atomic E-state index is 12.5. The molecule has 10 heteroatoms. The van der Waals surface area contributed by atoms with Gasteiger partial charge >= 0.3 is 6.36 Å². The van der Waals surface area contributed by atoms with Crippen molar-refractivity contribution in [1.29, 1.82) is 5.26 Å². The Morgan fingerprint density at radius 3 is 2.73 bits per heavy atom. The predicted molar refractivity (Wildman–Crippen MR) is 100 cm³/mol. The number of benzene rings is 1. The first-order valence-electron chi connectivity index (χ1n) is 9.04. The van der Waals surface area contributed by atoms with Gasteiger partial charge in [-0.15, -0.1) is 13.2 Å². The molecule has 0 aliphatic carbocycles. The summed E-state index contributed by atoms with van der Waals surface area (Å²) in [5.41, 5.74) is 3.34. The highest BCUT2D eigenvalue weighted by Gasteiger charge is 2.32. The van der Waals surface area contributed by atoms with Gasteiger partial charge in [0.25, 0.3) is 0 Å². The Kier molecular flexibility index (Phi) is 5.91. The molecule has 0 unspecified atom stereocenters. The second-order valence-corrected chi connectivity index (χ2v) is 6.60. The number of alkyl halides is 3. The smallest absolute Gasteiger partial charge is 0.405 e. The Morgan fingerprint density at radius 1 is 1.30 bits per heavy atom. The zero-order valence-electron chi connectivity index (χ0n) is 16.2. The number of carbonyl (C=O) groups excluding carboxylic acids is 1. The Balaban J connectivity index is 1.66. The van der Waals surface area contributed by atoms with Crippen molar-refractivity contribution in [3.05, 3.63) is 58.5 Å². The van der Waals surface area contributed by atoms with E-state index in [4.69, 9.17) is 5.26 Å². The number of nitriles is 1. The molecule has 0 spiro atoms. The van der Waals surface area contributed by atoms with E-state index in [0.29, 0.717) is 23.3 Å². The molecule has 0 fully saturated rings. The molecule has 0 aliphatic rings. The van der Waals surface area contributed by atoms with Crippen LogP contribution in [-0.4, -0.2) is 26.9 Å². The molecule has 0 aliphatic heterocycles. The molecule has 30 heavy (non-hydrogen) atoms. The fourth-order valence-electron chi connectivity index (χ4n) is 3.15. The zero-order valence-corrected chi connectivity index (χ0v) is 16.2. The van der Waals surface area contributed by atoms with Gasteiger partial charge in [-0.2, -0.15) is 10.4 Å². The highest BCUT2D eigenvalue weighted by atomic mass is 19.4. The number of aromatic nitrogens is 3. The summed E-state index contributed by atoms with van der Waals surface area (Å²) in [6.45, 7) is 3.53. The molecule has 0 atom stereocenters. The summed E-state index contributed by atoms with van der Waals surface area (Å²) in [6, 6.07) is 7.68. The van der Waals surface area contributed by atoms with Gasteiger partial charge in [-0.1, -0.05) is 18.2 Å². The van der Waals surface area contributed by atoms with Crippen molar-refractivity contribution < 1.29 is 22.7 Å². The number of rotatable bonds is 6. The van der Waals surface area contributed by atoms with Crippen LogP contribution in [-0.2, 0) is 17.8 Å². The first kappa shape index (κ1) is 21.1. The lowest BCUT2D eigenvalue weighted by Gasteiger charge is -2.14. The van der Waals surface area contributed by atoms with Gasteiger partial charge in [0.05, 0.1) is 6.20 Å². The maximum absolute atomic E-state index is 12.5. The van der Waals surface area contributed by atoms with E-state index in [1.54, 1.807) is 17.5 Å². The highest BCUT2D eigenvalue weighted by Crippen LogP contribution is 2.26. The van der Waals surface area contributed by atoms with E-state index in [1.807, 2.05) is 13.0 Å². The van der Waals surface area contributed by atoms with Crippen molar-refractivity contribution in [3.63, 3.8) is 0 Å². The van der Waals surface area contributed by atoms with Crippen molar-refractivity contribution in [3.8, 4) is 11.8 Å². The molecule has 3 aromatic rings. The number of ether oxygens (including phenoxy) is 1. The summed E-state index contributed by atoms with van der Waals surface area (Å²) in [5.74, 6) is -0.674. The Morgan fingerprint density at radius 2 is 2.03 bits per heavy atom. The molecule has 2 aromatic heterocycles. The van der Waals surface area contributed by atoms with Crippen LogP contribution >= 0.6 is 0 Å². The number of amides is 1. The largest absolute Gasteiger partial charge is 0.573 e. The van der Waals surface area contributed by atoms with Gasteiger partial charge in [0, 0.05) is 29.9 Å². The van der Waals surface area contributed by atoms with Gasteiger partial charge in [-0.05, 0) is 31.9 Å². The van der Waals surface area contributed by atoms with Crippen molar-refractivity contribution in [2.24, 2.45) is 0 Å². The van der Waals surface area contributed by atoms with Gasteiger partial charge in [0.15, 0.2) is 5.65 Å². The van der Waals surface area contributed by atoms with Crippen LogP contribution in [0.25, 0.3) is 5.65 Å². The monoisotopic (exact) mass is 417 g/mol. The Labute approximate surface area is 170 Å². The standard InChI is InChI=1S/C20H18F3N5O2/c1-12-16(13(2)28-19(27-12)15(9-24)11-26-28)7-8-18(29)25-10-14-5-3-4-6-17(14)30-20(21,22)23/h3-6,11H,7-8,10H2,1-2H3,(H,25,29). The number of carbonyl (C=O) groups is 1. The topological polar surface area (TPSA) is 92.3 Å². The van der Waals surface area contributed by atoms with Crippen LogP contribution in [0, 0.1) is 25.2 Å². The summed E-state index contributed by atoms with van der Waals surface area (Å²) in [6.07, 6.45) is -2.89. The molecule has 156 valence electrons. The average molecular weight is 417 g/mol. The SMILES string of the molecule is Cc1nc2c(C#N)cnn2c(C)c1CCC(=O)NCc1ccccc1OC(F)(F)F. The summed E-state index contributed by atoms with van der Waals surface area (Å²) < 4.78 is 43.0. The summed E-state index contributed by atoms with van der Waals surface area (Å²) in [5, 5.41) is 15.9. The van der Waals surface area contributed by atoms with Crippen LogP contribution in [0.5, 0.6) is 5.75 Å². The normalized spacial score (nSPS) is 11.3. The van der Waals surface area contributed by atoms with Crippen LogP contribution in [0.2, 0.25) is 0 Å². The van der Waals surface area contributed by atoms with E-state index < -0.39 is 6.36 Å². The van der Waals surface area contributed by atoms with Gasteiger partial charge in [0.2, 0.25) is 5.91 Å². The summed E-state index contributed by atoms with van der Waals surface area (Å²) >= 11 is 0. The highest BCUT2D eigenvalue weighted by molar-refractivity contribution is 5.76. The lowest BCUT2D eigenvalue weighted by molar-refractivity contribution is -0.274. The van der Waals surface area contributed by atoms with E-state index in [9.17, 15) is 18.0 Å². The van der Waals surface area contributed by atoms with Gasteiger partial charge in [-0.3, -0.25) is 4.79 Å². The molecule has 1 amide bonds. The molecule has 3 rings (SSSR count). The minimum Gasteiger partial charge on any atom is -0.405 e. The van der Waals surface area contributed by atoms with E-state index in [2.05, 4.69) is 20.1 Å². The van der Waals surface area contributed by atoms with E-state index in [0.717, 1.165) is 11.3 Å². The molecule has 0 bridgehead atoms. The van der Waals surface area contributed by atoms with Gasteiger partial charge < -0.3 is 10.1 Å². The third kappa shape index (κ3) is 4.68. The first-order valence-corrected chi connectivity index (χ1v) is 9.04. The lowest BCUT2D eigenvalue weighted by Crippen LogP contribution is -2.25. The predicted octanol–water partition coefficient (Wildman–Crippen LogP) is 3.37. The Hall–Kier alpha value is -3.61. The summed E-state index contributed by atoms with van der Waals surface area (Å²) in [7, 11) is 0. The first-order chi connectivity index (χ1) is 14.2. The number of hydrogen-bond donors (Lipinski definition) is 1. The number of halogens is 3. The van der Waals surface area contributed by atoms with Crippen molar-refractivity contribution in [2.45, 2.75) is 39.6 Å². The molecule has 2 heterocycles. The molecule has 1 aromatic carbocycles. The molecule has 0 saturated carbocycles. The number of aryl methyl sites for hydroxylation is 2. The number of nitrogens with one attached hydrogen (secondary N) is 1. The van der Waals surface area contributed by atoms with Crippen LogP contribution in [0.4, 0.5) is 13.2 Å². The minimum absolute atomic E-state index is 0.0922. The van der Waals surface area contributed by atoms with Gasteiger partial charge in [-0.25, -0.2) is 9.50 Å². The molecule has 0 radical (unpaired) electrons. The van der Waals surface area contributed by atoms with Crippen molar-refractivity contribution in [1.82, 2.24) is 19.9 Å². The molecule has 1 N–H and O–H groups in total. The number of nitrogens with zero attached hydrogens (tertiary/aromatic N) is 4. The van der Waals surface area contributed by atoms with Crippen LogP contribution in [0.15, 0.2) is 30.5 Å². The third-order valence-electron chi connectivity index (χ3n) is 4.61. The van der Waals surface area contributed by atoms with E-state index >= 15 is 0 Å². The fourth-order valence-corrected chi connectivity index (χ4v) is 3.15. The lowest BCUT2D eigenvalue weighted by atomic mass is 10.1. The Bertz CT molecular complexity index is 1130. The van der Waals surface area contributed by atoms with Crippen molar-refractivity contribution >= 4 is 11.6 Å². The molecule has 0 saturated heterocycles. The minimum atomic E-state index is -4.81. The van der Waals surface area contributed by atoms with Gasteiger partial charge in [0.1, 0.15) is 17.4 Å². The number of para-hydroxylation sites is 1. The third-order valence-corrected chi connectivity index (χ3v) is 4.61. The second kappa shape index (κ2) is 8.41. The van der Waals surface area contributed by atoms with E-state index in [1.165, 1.54) is 24.4 Å². The van der Waals surface area contributed by atoms with Crippen LogP contribution in [0.1, 0.15) is 34.5 Å². The van der Waals surface area contributed by atoms with E-state index in [-0.39, 0.29) is 30.2 Å².